The maximum absolute atomic E-state index is 11.7. The first-order valence-electron chi connectivity index (χ1n) is 7.28. The second-order valence-electron chi connectivity index (χ2n) is 5.69. The molecule has 1 saturated heterocycles. The Morgan fingerprint density at radius 3 is 2.80 bits per heavy atom. The SMILES string of the molecule is CN1C(=O)CCc2cc(C(Br)C3CCOCC3)ccc21. The largest absolute Gasteiger partial charge is 0.381 e. The van der Waals surface area contributed by atoms with Crippen LogP contribution in [0.25, 0.3) is 0 Å². The molecule has 0 bridgehead atoms. The smallest absolute Gasteiger partial charge is 0.227 e. The molecular weight excluding hydrogens is 318 g/mol. The summed E-state index contributed by atoms with van der Waals surface area (Å²) in [5, 5.41) is 0. The van der Waals surface area contributed by atoms with Crippen LogP contribution in [0.1, 0.15) is 35.2 Å². The highest BCUT2D eigenvalue weighted by Crippen LogP contribution is 2.39. The van der Waals surface area contributed by atoms with Crippen LogP contribution in [0, 0.1) is 5.92 Å². The zero-order chi connectivity index (χ0) is 14.1. The summed E-state index contributed by atoms with van der Waals surface area (Å²) in [4.78, 5) is 13.9. The summed E-state index contributed by atoms with van der Waals surface area (Å²) in [6.07, 6.45) is 3.72. The van der Waals surface area contributed by atoms with Crippen molar-refractivity contribution in [2.75, 3.05) is 25.2 Å². The third-order valence-electron chi connectivity index (χ3n) is 4.45. The van der Waals surface area contributed by atoms with E-state index in [-0.39, 0.29) is 5.91 Å². The second kappa shape index (κ2) is 5.86. The number of carbonyl (C=O) groups is 1. The van der Waals surface area contributed by atoms with Crippen LogP contribution >= 0.6 is 15.9 Å². The van der Waals surface area contributed by atoms with E-state index >= 15 is 0 Å². The minimum Gasteiger partial charge on any atom is -0.381 e. The van der Waals surface area contributed by atoms with E-state index in [2.05, 4.69) is 34.1 Å². The highest BCUT2D eigenvalue weighted by atomic mass is 79.9. The number of ether oxygens (including phenoxy) is 1. The molecule has 108 valence electrons. The Kier molecular flexibility index (Phi) is 4.13. The van der Waals surface area contributed by atoms with Crippen LogP contribution in [0.15, 0.2) is 18.2 Å². The molecule has 0 N–H and O–H groups in total. The van der Waals surface area contributed by atoms with Crippen molar-refractivity contribution in [1.82, 2.24) is 0 Å². The van der Waals surface area contributed by atoms with Gasteiger partial charge in [-0.2, -0.15) is 0 Å². The first-order valence-corrected chi connectivity index (χ1v) is 8.19. The molecule has 1 unspecified atom stereocenters. The van der Waals surface area contributed by atoms with Crippen molar-refractivity contribution in [3.63, 3.8) is 0 Å². The highest BCUT2D eigenvalue weighted by Gasteiger charge is 2.26. The topological polar surface area (TPSA) is 29.5 Å². The minimum absolute atomic E-state index is 0.213. The molecule has 1 fully saturated rings. The van der Waals surface area contributed by atoms with Gasteiger partial charge in [0.25, 0.3) is 0 Å². The standard InChI is InChI=1S/C16H20BrNO2/c1-18-14-4-2-13(10-12(14)3-5-15(18)19)16(17)11-6-8-20-9-7-11/h2,4,10-11,16H,3,5-9H2,1H3. The average molecular weight is 338 g/mol. The summed E-state index contributed by atoms with van der Waals surface area (Å²) in [5.74, 6) is 0.856. The van der Waals surface area contributed by atoms with Gasteiger partial charge in [0, 0.05) is 37.2 Å². The molecule has 0 aliphatic carbocycles. The first kappa shape index (κ1) is 14.1. The molecule has 0 radical (unpaired) electrons. The van der Waals surface area contributed by atoms with Gasteiger partial charge in [-0.25, -0.2) is 0 Å². The van der Waals surface area contributed by atoms with Crippen LogP contribution in [-0.4, -0.2) is 26.2 Å². The number of aryl methyl sites for hydroxylation is 1. The van der Waals surface area contributed by atoms with Gasteiger partial charge < -0.3 is 9.64 Å². The quantitative estimate of drug-likeness (QED) is 0.773. The van der Waals surface area contributed by atoms with Crippen LogP contribution in [-0.2, 0) is 16.0 Å². The van der Waals surface area contributed by atoms with Crippen LogP contribution in [0.3, 0.4) is 0 Å². The van der Waals surface area contributed by atoms with Crippen molar-refractivity contribution >= 4 is 27.5 Å². The predicted molar refractivity (Wildman–Crippen MR) is 83.4 cm³/mol. The van der Waals surface area contributed by atoms with Crippen molar-refractivity contribution in [3.05, 3.63) is 29.3 Å². The van der Waals surface area contributed by atoms with E-state index in [1.165, 1.54) is 11.1 Å². The Labute approximate surface area is 128 Å². The Hall–Kier alpha value is -0.870. The molecule has 0 saturated carbocycles. The maximum atomic E-state index is 11.7. The first-order chi connectivity index (χ1) is 9.66. The molecule has 4 heteroatoms. The number of rotatable bonds is 2. The molecule has 3 nitrogen and oxygen atoms in total. The molecular formula is C16H20BrNO2. The van der Waals surface area contributed by atoms with E-state index in [4.69, 9.17) is 4.74 Å². The molecule has 1 atom stereocenters. The van der Waals surface area contributed by atoms with Crippen molar-refractivity contribution in [3.8, 4) is 0 Å². The molecule has 2 aliphatic heterocycles. The number of hydrogen-bond acceptors (Lipinski definition) is 2. The van der Waals surface area contributed by atoms with E-state index < -0.39 is 0 Å². The van der Waals surface area contributed by atoms with Gasteiger partial charge in [-0.1, -0.05) is 28.1 Å². The number of alkyl halides is 1. The van der Waals surface area contributed by atoms with E-state index in [0.717, 1.165) is 38.2 Å². The molecule has 2 heterocycles. The number of nitrogens with zero attached hydrogens (tertiary/aromatic N) is 1. The van der Waals surface area contributed by atoms with Gasteiger partial charge in [-0.15, -0.1) is 0 Å². The highest BCUT2D eigenvalue weighted by molar-refractivity contribution is 9.09. The third-order valence-corrected chi connectivity index (χ3v) is 5.72. The van der Waals surface area contributed by atoms with Crippen LogP contribution in [0.4, 0.5) is 5.69 Å². The van der Waals surface area contributed by atoms with E-state index in [1.54, 1.807) is 4.90 Å². The van der Waals surface area contributed by atoms with Crippen LogP contribution in [0.2, 0.25) is 0 Å². The zero-order valence-electron chi connectivity index (χ0n) is 11.8. The summed E-state index contributed by atoms with van der Waals surface area (Å²) in [7, 11) is 1.87. The maximum Gasteiger partial charge on any atom is 0.227 e. The van der Waals surface area contributed by atoms with Gasteiger partial charge in [0.15, 0.2) is 0 Å². The summed E-state index contributed by atoms with van der Waals surface area (Å²) >= 11 is 3.87. The molecule has 3 rings (SSSR count). The molecule has 20 heavy (non-hydrogen) atoms. The third kappa shape index (κ3) is 2.63. The van der Waals surface area contributed by atoms with E-state index in [0.29, 0.717) is 17.2 Å². The predicted octanol–water partition coefficient (Wildman–Crippen LogP) is 3.46. The van der Waals surface area contributed by atoms with Crippen molar-refractivity contribution in [2.45, 2.75) is 30.5 Å². The number of halogens is 1. The molecule has 1 aromatic rings. The van der Waals surface area contributed by atoms with Gasteiger partial charge >= 0.3 is 0 Å². The number of carbonyl (C=O) groups excluding carboxylic acids is 1. The average Bonchev–Trinajstić information content (AvgIpc) is 2.51. The van der Waals surface area contributed by atoms with Gasteiger partial charge in [-0.05, 0) is 42.4 Å². The summed E-state index contributed by atoms with van der Waals surface area (Å²) < 4.78 is 5.44. The Balaban J connectivity index is 1.83. The van der Waals surface area contributed by atoms with Crippen molar-refractivity contribution in [1.29, 1.82) is 0 Å². The molecule has 1 aromatic carbocycles. The lowest BCUT2D eigenvalue weighted by molar-refractivity contribution is -0.118. The number of benzene rings is 1. The zero-order valence-corrected chi connectivity index (χ0v) is 13.4. The fourth-order valence-corrected chi connectivity index (χ4v) is 3.94. The van der Waals surface area contributed by atoms with E-state index in [9.17, 15) is 4.79 Å². The lowest BCUT2D eigenvalue weighted by Crippen LogP contribution is -2.31. The monoisotopic (exact) mass is 337 g/mol. The van der Waals surface area contributed by atoms with Crippen LogP contribution in [0.5, 0.6) is 0 Å². The fraction of sp³-hybridized carbons (Fsp3) is 0.562. The molecule has 0 spiro atoms. The number of anilines is 1. The number of amides is 1. The summed E-state index contributed by atoms with van der Waals surface area (Å²) in [6, 6.07) is 6.52. The Morgan fingerprint density at radius 1 is 1.30 bits per heavy atom. The lowest BCUT2D eigenvalue weighted by atomic mass is 9.90. The number of hydrogen-bond donors (Lipinski definition) is 0. The normalized spacial score (nSPS) is 21.7. The molecule has 1 amide bonds. The Bertz CT molecular complexity index is 511. The van der Waals surface area contributed by atoms with Gasteiger partial charge in [0.05, 0.1) is 0 Å². The van der Waals surface area contributed by atoms with Gasteiger partial charge in [0.1, 0.15) is 0 Å². The van der Waals surface area contributed by atoms with Gasteiger partial charge in [-0.3, -0.25) is 4.79 Å². The lowest BCUT2D eigenvalue weighted by Gasteiger charge is -2.29. The van der Waals surface area contributed by atoms with Crippen molar-refractivity contribution in [2.24, 2.45) is 5.92 Å². The molecule has 0 aromatic heterocycles. The van der Waals surface area contributed by atoms with E-state index in [1.807, 2.05) is 7.05 Å². The van der Waals surface area contributed by atoms with Crippen molar-refractivity contribution < 1.29 is 9.53 Å². The minimum atomic E-state index is 0.213. The summed E-state index contributed by atoms with van der Waals surface area (Å²) in [6.45, 7) is 1.74. The van der Waals surface area contributed by atoms with Crippen LogP contribution < -0.4 is 4.90 Å². The van der Waals surface area contributed by atoms with Gasteiger partial charge in [0.2, 0.25) is 5.91 Å². The second-order valence-corrected chi connectivity index (χ2v) is 6.68. The molecule has 2 aliphatic rings. The number of fused-ring (bicyclic) bond motifs is 1. The fourth-order valence-electron chi connectivity index (χ4n) is 3.13. The summed E-state index contributed by atoms with van der Waals surface area (Å²) in [5.41, 5.74) is 3.69. The Morgan fingerprint density at radius 2 is 2.05 bits per heavy atom.